The van der Waals surface area contributed by atoms with Crippen LogP contribution in [0, 0.1) is 0 Å². The first-order valence-corrected chi connectivity index (χ1v) is 7.83. The van der Waals surface area contributed by atoms with Gasteiger partial charge in [-0.3, -0.25) is 9.59 Å². The number of rotatable bonds is 4. The van der Waals surface area contributed by atoms with Gasteiger partial charge in [-0.15, -0.1) is 0 Å². The molecule has 1 aliphatic rings. The number of nitrogens with zero attached hydrogens (tertiary/aromatic N) is 3. The van der Waals surface area contributed by atoms with E-state index in [2.05, 4.69) is 4.98 Å². The molecule has 1 atom stereocenters. The molecule has 1 aliphatic heterocycles. The van der Waals surface area contributed by atoms with Crippen molar-refractivity contribution in [1.82, 2.24) is 9.55 Å². The van der Waals surface area contributed by atoms with Gasteiger partial charge in [-0.2, -0.15) is 0 Å². The largest absolute Gasteiger partial charge is 0.480 e. The number of hydrogen-bond donors (Lipinski definition) is 1. The summed E-state index contributed by atoms with van der Waals surface area (Å²) in [6.45, 7) is -0.452. The smallest absolute Gasteiger partial charge is 0.323 e. The summed E-state index contributed by atoms with van der Waals surface area (Å²) in [6, 6.07) is -0.529. The summed E-state index contributed by atoms with van der Waals surface area (Å²) < 4.78 is 24.4. The van der Waals surface area contributed by atoms with Gasteiger partial charge in [0, 0.05) is 25.5 Å². The van der Waals surface area contributed by atoms with Gasteiger partial charge in [-0.25, -0.2) is 13.4 Å². The number of sulfone groups is 1. The number of aryl methyl sites for hydroxylation is 1. The van der Waals surface area contributed by atoms with Gasteiger partial charge in [-0.1, -0.05) is 0 Å². The van der Waals surface area contributed by atoms with Crippen molar-refractivity contribution in [2.24, 2.45) is 7.05 Å². The minimum atomic E-state index is -3.18. The number of aliphatic carboxylic acids is 1. The van der Waals surface area contributed by atoms with Gasteiger partial charge >= 0.3 is 5.97 Å². The minimum Gasteiger partial charge on any atom is -0.480 e. The monoisotopic (exact) mass is 301 g/mol. The maximum Gasteiger partial charge on any atom is 0.323 e. The number of hydrogen-bond acceptors (Lipinski definition) is 6. The fraction of sp³-hybridized carbons (Fsp3) is 0.545. The zero-order chi connectivity index (χ0) is 14.9. The maximum atomic E-state index is 12.0. The van der Waals surface area contributed by atoms with Gasteiger partial charge < -0.3 is 14.6 Å². The van der Waals surface area contributed by atoms with Crippen molar-refractivity contribution >= 4 is 21.6 Å². The molecule has 0 bridgehead atoms. The van der Waals surface area contributed by atoms with Crippen LogP contribution in [0.1, 0.15) is 6.42 Å². The zero-order valence-corrected chi connectivity index (χ0v) is 11.7. The zero-order valence-electron chi connectivity index (χ0n) is 10.9. The highest BCUT2D eigenvalue weighted by Crippen LogP contribution is 2.20. The van der Waals surface area contributed by atoms with E-state index in [1.54, 1.807) is 0 Å². The fourth-order valence-corrected chi connectivity index (χ4v) is 3.96. The second-order valence-corrected chi connectivity index (χ2v) is 6.97. The van der Waals surface area contributed by atoms with Crippen LogP contribution >= 0.6 is 0 Å². The SMILES string of the molecule is Cn1ccnc(N(CC(=O)O)C2CCS(=O)(=O)C2)c1=O. The second-order valence-electron chi connectivity index (χ2n) is 4.75. The third-order valence-electron chi connectivity index (χ3n) is 3.23. The Balaban J connectivity index is 2.40. The molecule has 110 valence electrons. The van der Waals surface area contributed by atoms with E-state index in [0.29, 0.717) is 6.42 Å². The van der Waals surface area contributed by atoms with E-state index in [4.69, 9.17) is 5.11 Å². The summed E-state index contributed by atoms with van der Waals surface area (Å²) in [5.41, 5.74) is -0.446. The number of carbonyl (C=O) groups is 1. The molecule has 0 radical (unpaired) electrons. The molecule has 1 fully saturated rings. The Morgan fingerprint density at radius 2 is 2.30 bits per heavy atom. The second kappa shape index (κ2) is 5.23. The topological polar surface area (TPSA) is 110 Å². The standard InChI is InChI=1S/C11H15N3O5S/c1-13-4-3-12-10(11(13)17)14(6-9(15)16)8-2-5-20(18,19)7-8/h3-4,8H,2,5-7H2,1H3,(H,15,16). The average molecular weight is 301 g/mol. The number of carboxylic acid groups (broad SMARTS) is 1. The molecule has 0 aliphatic carbocycles. The highest BCUT2D eigenvalue weighted by Gasteiger charge is 2.34. The maximum absolute atomic E-state index is 12.0. The number of carboxylic acids is 1. The molecule has 2 heterocycles. The molecular weight excluding hydrogens is 286 g/mol. The van der Waals surface area contributed by atoms with E-state index in [-0.39, 0.29) is 17.3 Å². The van der Waals surface area contributed by atoms with E-state index in [9.17, 15) is 18.0 Å². The summed E-state index contributed by atoms with van der Waals surface area (Å²) in [6.07, 6.45) is 3.14. The molecule has 2 rings (SSSR count). The molecule has 1 aromatic heterocycles. The molecule has 0 spiro atoms. The van der Waals surface area contributed by atoms with Crippen LogP contribution in [0.25, 0.3) is 0 Å². The lowest BCUT2D eigenvalue weighted by Crippen LogP contribution is -2.44. The van der Waals surface area contributed by atoms with E-state index >= 15 is 0 Å². The lowest BCUT2D eigenvalue weighted by atomic mass is 10.2. The predicted molar refractivity (Wildman–Crippen MR) is 71.5 cm³/mol. The van der Waals surface area contributed by atoms with E-state index in [1.165, 1.54) is 28.9 Å². The van der Waals surface area contributed by atoms with Crippen LogP contribution in [0.3, 0.4) is 0 Å². The minimum absolute atomic E-state index is 0.000927. The van der Waals surface area contributed by atoms with Crippen LogP contribution in [0.5, 0.6) is 0 Å². The Bertz CT molecular complexity index is 682. The highest BCUT2D eigenvalue weighted by molar-refractivity contribution is 7.91. The van der Waals surface area contributed by atoms with Crippen LogP contribution in [-0.4, -0.2) is 53.1 Å². The van der Waals surface area contributed by atoms with Crippen molar-refractivity contribution in [3.8, 4) is 0 Å². The van der Waals surface area contributed by atoms with Gasteiger partial charge in [0.05, 0.1) is 11.5 Å². The summed E-state index contributed by atoms with van der Waals surface area (Å²) in [5, 5.41) is 8.97. The summed E-state index contributed by atoms with van der Waals surface area (Å²) in [5.74, 6) is -1.32. The lowest BCUT2D eigenvalue weighted by Gasteiger charge is -2.26. The number of anilines is 1. The summed E-state index contributed by atoms with van der Waals surface area (Å²) >= 11 is 0. The third kappa shape index (κ3) is 2.98. The van der Waals surface area contributed by atoms with Crippen molar-refractivity contribution < 1.29 is 18.3 Å². The molecule has 20 heavy (non-hydrogen) atoms. The Kier molecular flexibility index (Phi) is 3.80. The van der Waals surface area contributed by atoms with Crippen LogP contribution < -0.4 is 10.5 Å². The molecule has 8 nitrogen and oxygen atoms in total. The Labute approximate surface area is 115 Å². The van der Waals surface area contributed by atoms with E-state index in [0.717, 1.165) is 0 Å². The molecule has 1 unspecified atom stereocenters. The van der Waals surface area contributed by atoms with Crippen LogP contribution in [0.15, 0.2) is 17.2 Å². The molecular formula is C11H15N3O5S. The fourth-order valence-electron chi connectivity index (χ4n) is 2.23. The van der Waals surface area contributed by atoms with Gasteiger partial charge in [0.1, 0.15) is 6.54 Å². The highest BCUT2D eigenvalue weighted by atomic mass is 32.2. The predicted octanol–water partition coefficient (Wildman–Crippen LogP) is -1.14. The molecule has 1 aromatic rings. The van der Waals surface area contributed by atoms with Crippen molar-refractivity contribution in [2.75, 3.05) is 23.0 Å². The van der Waals surface area contributed by atoms with Crippen molar-refractivity contribution in [2.45, 2.75) is 12.5 Å². The molecule has 1 N–H and O–H groups in total. The molecule has 9 heteroatoms. The Morgan fingerprint density at radius 3 is 2.85 bits per heavy atom. The molecule has 0 saturated carbocycles. The van der Waals surface area contributed by atoms with E-state index < -0.39 is 34.0 Å². The van der Waals surface area contributed by atoms with Crippen LogP contribution in [0.2, 0.25) is 0 Å². The summed E-state index contributed by atoms with van der Waals surface area (Å²) in [7, 11) is -1.65. The number of aromatic nitrogens is 2. The molecule has 1 saturated heterocycles. The van der Waals surface area contributed by atoms with Crippen LogP contribution in [0.4, 0.5) is 5.82 Å². The van der Waals surface area contributed by atoms with Gasteiger partial charge in [0.2, 0.25) is 0 Å². The van der Waals surface area contributed by atoms with Crippen molar-refractivity contribution in [1.29, 1.82) is 0 Å². The molecule has 0 amide bonds. The first-order valence-electron chi connectivity index (χ1n) is 6.00. The molecule has 0 aromatic carbocycles. The third-order valence-corrected chi connectivity index (χ3v) is 4.98. The lowest BCUT2D eigenvalue weighted by molar-refractivity contribution is -0.135. The van der Waals surface area contributed by atoms with Crippen molar-refractivity contribution in [3.05, 3.63) is 22.7 Å². The van der Waals surface area contributed by atoms with Crippen LogP contribution in [-0.2, 0) is 21.7 Å². The average Bonchev–Trinajstić information content (AvgIpc) is 2.70. The van der Waals surface area contributed by atoms with Gasteiger partial charge in [0.15, 0.2) is 15.7 Å². The van der Waals surface area contributed by atoms with Gasteiger partial charge in [0.25, 0.3) is 5.56 Å². The van der Waals surface area contributed by atoms with Gasteiger partial charge in [-0.05, 0) is 6.42 Å². The van der Waals surface area contributed by atoms with E-state index in [1.807, 2.05) is 0 Å². The Hall–Kier alpha value is -1.90. The Morgan fingerprint density at radius 1 is 1.60 bits per heavy atom. The summed E-state index contributed by atoms with van der Waals surface area (Å²) in [4.78, 5) is 28.2. The first kappa shape index (κ1) is 14.5. The normalized spacial score (nSPS) is 20.8. The quantitative estimate of drug-likeness (QED) is 0.748. The van der Waals surface area contributed by atoms with Crippen molar-refractivity contribution in [3.63, 3.8) is 0 Å². The first-order chi connectivity index (χ1) is 9.30.